The van der Waals surface area contributed by atoms with Crippen molar-refractivity contribution in [3.8, 4) is 0 Å². The van der Waals surface area contributed by atoms with E-state index in [1.54, 1.807) is 0 Å². The number of unbranched alkanes of at least 4 members (excludes halogenated alkanes) is 1. The molecule has 1 amide bonds. The fraction of sp³-hybridized carbons (Fsp3) is 0.500. The van der Waals surface area contributed by atoms with Crippen molar-refractivity contribution in [1.82, 2.24) is 14.7 Å². The molecule has 0 unspecified atom stereocenters. The van der Waals surface area contributed by atoms with Gasteiger partial charge in [-0.3, -0.25) is 9.20 Å². The van der Waals surface area contributed by atoms with Gasteiger partial charge in [-0.25, -0.2) is 9.78 Å². The highest BCUT2D eigenvalue weighted by Crippen LogP contribution is 2.17. The molecular weight excluding hydrogens is 290 g/mol. The molecule has 114 valence electrons. The fourth-order valence-corrected chi connectivity index (χ4v) is 3.06. The molecule has 0 fully saturated rings. The average Bonchev–Trinajstić information content (AvgIpc) is 2.95. The molecule has 2 heterocycles. The van der Waals surface area contributed by atoms with Gasteiger partial charge in [0.2, 0.25) is 5.91 Å². The Morgan fingerprint density at radius 2 is 2.29 bits per heavy atom. The summed E-state index contributed by atoms with van der Waals surface area (Å²) >= 11 is 1.47. The molecule has 0 aliphatic carbocycles. The first kappa shape index (κ1) is 15.5. The van der Waals surface area contributed by atoms with Crippen LogP contribution in [0.1, 0.15) is 37.6 Å². The first-order valence-corrected chi connectivity index (χ1v) is 7.83. The molecule has 0 saturated carbocycles. The summed E-state index contributed by atoms with van der Waals surface area (Å²) in [6.45, 7) is 3.89. The van der Waals surface area contributed by atoms with Gasteiger partial charge in [0, 0.05) is 17.3 Å². The largest absolute Gasteiger partial charge is 0.480 e. The third-order valence-electron chi connectivity index (χ3n) is 3.23. The Labute approximate surface area is 126 Å². The van der Waals surface area contributed by atoms with Gasteiger partial charge in [-0.1, -0.05) is 19.8 Å². The second kappa shape index (κ2) is 6.71. The maximum Gasteiger partial charge on any atom is 0.326 e. The normalized spacial score (nSPS) is 12.5. The van der Waals surface area contributed by atoms with Gasteiger partial charge in [-0.15, -0.1) is 11.3 Å². The predicted molar refractivity (Wildman–Crippen MR) is 80.6 cm³/mol. The fourth-order valence-electron chi connectivity index (χ4n) is 2.14. The van der Waals surface area contributed by atoms with Crippen molar-refractivity contribution in [2.45, 2.75) is 45.6 Å². The van der Waals surface area contributed by atoms with Crippen molar-refractivity contribution >= 4 is 28.2 Å². The smallest absolute Gasteiger partial charge is 0.326 e. The Kier molecular flexibility index (Phi) is 4.95. The van der Waals surface area contributed by atoms with Gasteiger partial charge >= 0.3 is 5.97 Å². The van der Waals surface area contributed by atoms with Crippen molar-refractivity contribution in [1.29, 1.82) is 0 Å². The van der Waals surface area contributed by atoms with Crippen LogP contribution in [0.3, 0.4) is 0 Å². The summed E-state index contributed by atoms with van der Waals surface area (Å²) in [5.41, 5.74) is 1.72. The minimum atomic E-state index is -0.981. The zero-order valence-electron chi connectivity index (χ0n) is 12.1. The van der Waals surface area contributed by atoms with Crippen LogP contribution in [0.2, 0.25) is 0 Å². The number of carboxylic acids is 1. The number of imidazole rings is 1. The van der Waals surface area contributed by atoms with Crippen LogP contribution in [-0.2, 0) is 16.0 Å². The molecular formula is C14H19N3O3S. The molecule has 0 aliphatic rings. The van der Waals surface area contributed by atoms with Crippen molar-refractivity contribution < 1.29 is 14.7 Å². The predicted octanol–water partition coefficient (Wildman–Crippen LogP) is 2.01. The van der Waals surface area contributed by atoms with Gasteiger partial charge in [0.1, 0.15) is 6.04 Å². The molecule has 0 aliphatic heterocycles. The maximum absolute atomic E-state index is 12.0. The number of nitrogens with one attached hydrogen (secondary N) is 1. The van der Waals surface area contributed by atoms with E-state index < -0.39 is 12.0 Å². The SMILES string of the molecule is CCCC[C@H](NC(=O)Cc1csc2nc(C)cn12)C(=O)O. The Bertz CT molecular complexity index is 647. The van der Waals surface area contributed by atoms with Crippen molar-refractivity contribution in [2.75, 3.05) is 0 Å². The lowest BCUT2D eigenvalue weighted by molar-refractivity contribution is -0.142. The molecule has 2 aromatic heterocycles. The first-order chi connectivity index (χ1) is 10.0. The molecule has 0 radical (unpaired) electrons. The number of aryl methyl sites for hydroxylation is 1. The van der Waals surface area contributed by atoms with Crippen LogP contribution < -0.4 is 5.32 Å². The lowest BCUT2D eigenvalue weighted by atomic mass is 10.1. The van der Waals surface area contributed by atoms with Gasteiger partial charge in [0.15, 0.2) is 4.96 Å². The number of aliphatic carboxylic acids is 1. The van der Waals surface area contributed by atoms with Gasteiger partial charge in [-0.2, -0.15) is 0 Å². The number of nitrogens with zero attached hydrogens (tertiary/aromatic N) is 2. The molecule has 0 aromatic carbocycles. The van der Waals surface area contributed by atoms with E-state index in [1.807, 2.05) is 29.8 Å². The van der Waals surface area contributed by atoms with Gasteiger partial charge in [0.05, 0.1) is 12.1 Å². The molecule has 0 spiro atoms. The molecule has 0 saturated heterocycles. The highest BCUT2D eigenvalue weighted by molar-refractivity contribution is 7.15. The van der Waals surface area contributed by atoms with E-state index in [1.165, 1.54) is 11.3 Å². The van der Waals surface area contributed by atoms with Crippen LogP contribution in [0.25, 0.3) is 4.96 Å². The number of amides is 1. The Hall–Kier alpha value is -1.89. The topological polar surface area (TPSA) is 83.7 Å². The van der Waals surface area contributed by atoms with Crippen molar-refractivity contribution in [2.24, 2.45) is 0 Å². The average molecular weight is 309 g/mol. The van der Waals surface area contributed by atoms with Crippen LogP contribution in [0.5, 0.6) is 0 Å². The lowest BCUT2D eigenvalue weighted by Gasteiger charge is -2.13. The summed E-state index contributed by atoms with van der Waals surface area (Å²) in [6, 6.07) is -0.809. The second-order valence-corrected chi connectivity index (χ2v) is 5.88. The van der Waals surface area contributed by atoms with Crippen LogP contribution in [-0.4, -0.2) is 32.4 Å². The van der Waals surface area contributed by atoms with Crippen LogP contribution >= 0.6 is 11.3 Å². The summed E-state index contributed by atoms with van der Waals surface area (Å²) in [5, 5.41) is 13.6. The van der Waals surface area contributed by atoms with E-state index in [0.29, 0.717) is 6.42 Å². The molecule has 1 atom stereocenters. The van der Waals surface area contributed by atoms with E-state index >= 15 is 0 Å². The number of hydrogen-bond donors (Lipinski definition) is 2. The van der Waals surface area contributed by atoms with Gasteiger partial charge in [-0.05, 0) is 13.3 Å². The van der Waals surface area contributed by atoms with Crippen LogP contribution in [0.4, 0.5) is 0 Å². The number of rotatable bonds is 7. The van der Waals surface area contributed by atoms with E-state index in [0.717, 1.165) is 29.2 Å². The zero-order chi connectivity index (χ0) is 15.4. The molecule has 0 bridgehead atoms. The molecule has 7 heteroatoms. The van der Waals surface area contributed by atoms with Crippen LogP contribution in [0, 0.1) is 6.92 Å². The summed E-state index contributed by atoms with van der Waals surface area (Å²) in [6.07, 6.45) is 4.17. The number of hydrogen-bond acceptors (Lipinski definition) is 4. The third-order valence-corrected chi connectivity index (χ3v) is 4.11. The third kappa shape index (κ3) is 3.81. The number of aromatic nitrogens is 2. The minimum Gasteiger partial charge on any atom is -0.480 e. The van der Waals surface area contributed by atoms with Gasteiger partial charge in [0.25, 0.3) is 0 Å². The van der Waals surface area contributed by atoms with E-state index in [-0.39, 0.29) is 12.3 Å². The maximum atomic E-state index is 12.0. The lowest BCUT2D eigenvalue weighted by Crippen LogP contribution is -2.41. The standard InChI is InChI=1S/C14H19N3O3S/c1-3-4-5-11(13(19)20)16-12(18)6-10-8-21-14-15-9(2)7-17(10)14/h7-8,11H,3-6H2,1-2H3,(H,16,18)(H,19,20)/t11-/m0/s1. The van der Waals surface area contributed by atoms with E-state index in [2.05, 4.69) is 10.3 Å². The number of thiazole rings is 1. The quantitative estimate of drug-likeness (QED) is 0.819. The van der Waals surface area contributed by atoms with Crippen LogP contribution in [0.15, 0.2) is 11.6 Å². The second-order valence-electron chi connectivity index (χ2n) is 5.04. The summed E-state index contributed by atoms with van der Waals surface area (Å²) in [5.74, 6) is -1.25. The summed E-state index contributed by atoms with van der Waals surface area (Å²) in [4.78, 5) is 28.3. The molecule has 2 rings (SSSR count). The number of carboxylic acid groups (broad SMARTS) is 1. The highest BCUT2D eigenvalue weighted by Gasteiger charge is 2.20. The molecule has 2 aromatic rings. The summed E-state index contributed by atoms with van der Waals surface area (Å²) < 4.78 is 1.88. The number of fused-ring (bicyclic) bond motifs is 1. The highest BCUT2D eigenvalue weighted by atomic mass is 32.1. The molecule has 2 N–H and O–H groups in total. The molecule has 6 nitrogen and oxygen atoms in total. The Balaban J connectivity index is 2.01. The zero-order valence-corrected chi connectivity index (χ0v) is 12.9. The number of carbonyl (C=O) groups is 2. The minimum absolute atomic E-state index is 0.158. The Morgan fingerprint density at radius 1 is 1.52 bits per heavy atom. The van der Waals surface area contributed by atoms with E-state index in [9.17, 15) is 9.59 Å². The van der Waals surface area contributed by atoms with Gasteiger partial charge < -0.3 is 10.4 Å². The summed E-state index contributed by atoms with van der Waals surface area (Å²) in [7, 11) is 0. The van der Waals surface area contributed by atoms with Crippen molar-refractivity contribution in [3.63, 3.8) is 0 Å². The molecule has 21 heavy (non-hydrogen) atoms. The number of carbonyl (C=O) groups excluding carboxylic acids is 1. The van der Waals surface area contributed by atoms with E-state index in [4.69, 9.17) is 5.11 Å². The first-order valence-electron chi connectivity index (χ1n) is 6.95. The monoisotopic (exact) mass is 309 g/mol. The van der Waals surface area contributed by atoms with Crippen molar-refractivity contribution in [3.05, 3.63) is 23.0 Å². The Morgan fingerprint density at radius 3 is 2.95 bits per heavy atom.